The monoisotopic (exact) mass is 326 g/mol. The Morgan fingerprint density at radius 2 is 1.96 bits per heavy atom. The van der Waals surface area contributed by atoms with Crippen molar-refractivity contribution in [3.8, 4) is 5.75 Å². The van der Waals surface area contributed by atoms with Crippen molar-refractivity contribution in [1.82, 2.24) is 4.98 Å². The second-order valence-corrected chi connectivity index (χ2v) is 5.47. The van der Waals surface area contributed by atoms with Crippen LogP contribution >= 0.6 is 0 Å². The summed E-state index contributed by atoms with van der Waals surface area (Å²) in [6.45, 7) is 4.26. The van der Waals surface area contributed by atoms with E-state index in [1.807, 2.05) is 19.9 Å². The van der Waals surface area contributed by atoms with Crippen LogP contribution in [0, 0.1) is 13.8 Å². The Morgan fingerprint density at radius 3 is 2.67 bits per heavy atom. The fraction of sp³-hybridized carbons (Fsp3) is 0.222. The standard InChI is InChI=1S/C18H18N2O4/c1-11-8-12(2)17-15(9-11)20-16(24-17)10-23-14-6-4-13(5-7-14)19-18(21)22-3/h4-9H,10H2,1-3H3,(H,19,21). The number of oxazole rings is 1. The lowest BCUT2D eigenvalue weighted by molar-refractivity contribution is 0.187. The summed E-state index contributed by atoms with van der Waals surface area (Å²) in [5.41, 5.74) is 4.46. The van der Waals surface area contributed by atoms with E-state index >= 15 is 0 Å². The van der Waals surface area contributed by atoms with Crippen molar-refractivity contribution >= 4 is 22.9 Å². The fourth-order valence-electron chi connectivity index (χ4n) is 2.43. The number of aromatic nitrogens is 1. The van der Waals surface area contributed by atoms with Gasteiger partial charge in [-0.2, -0.15) is 0 Å². The lowest BCUT2D eigenvalue weighted by atomic mass is 10.1. The highest BCUT2D eigenvalue weighted by Crippen LogP contribution is 2.23. The van der Waals surface area contributed by atoms with Crippen molar-refractivity contribution < 1.29 is 18.7 Å². The molecule has 24 heavy (non-hydrogen) atoms. The average molecular weight is 326 g/mol. The van der Waals surface area contributed by atoms with Gasteiger partial charge in [0.05, 0.1) is 7.11 Å². The first-order chi connectivity index (χ1) is 11.5. The predicted octanol–water partition coefficient (Wildman–Crippen LogP) is 4.20. The number of nitrogens with one attached hydrogen (secondary N) is 1. The number of hydrogen-bond donors (Lipinski definition) is 1. The first kappa shape index (κ1) is 15.9. The van der Waals surface area contributed by atoms with Gasteiger partial charge < -0.3 is 13.9 Å². The van der Waals surface area contributed by atoms with Gasteiger partial charge in [0.15, 0.2) is 12.2 Å². The molecule has 0 saturated carbocycles. The highest BCUT2D eigenvalue weighted by atomic mass is 16.5. The van der Waals surface area contributed by atoms with E-state index in [1.54, 1.807) is 24.3 Å². The molecule has 0 atom stereocenters. The summed E-state index contributed by atoms with van der Waals surface area (Å²) in [5.74, 6) is 1.18. The summed E-state index contributed by atoms with van der Waals surface area (Å²) >= 11 is 0. The third kappa shape index (κ3) is 3.48. The molecular weight excluding hydrogens is 308 g/mol. The molecule has 0 unspecified atom stereocenters. The summed E-state index contributed by atoms with van der Waals surface area (Å²) in [6, 6.07) is 11.0. The van der Waals surface area contributed by atoms with Gasteiger partial charge in [0, 0.05) is 5.69 Å². The summed E-state index contributed by atoms with van der Waals surface area (Å²) < 4.78 is 16.0. The van der Waals surface area contributed by atoms with Crippen LogP contribution < -0.4 is 10.1 Å². The second kappa shape index (κ2) is 6.62. The Kier molecular flexibility index (Phi) is 4.37. The number of benzene rings is 2. The van der Waals surface area contributed by atoms with E-state index in [-0.39, 0.29) is 6.61 Å². The van der Waals surface area contributed by atoms with Crippen molar-refractivity contribution in [3.63, 3.8) is 0 Å². The minimum Gasteiger partial charge on any atom is -0.484 e. The molecule has 6 nitrogen and oxygen atoms in total. The molecule has 0 aliphatic heterocycles. The first-order valence-corrected chi connectivity index (χ1v) is 7.49. The lowest BCUT2D eigenvalue weighted by Crippen LogP contribution is -2.10. The molecule has 1 amide bonds. The van der Waals surface area contributed by atoms with Gasteiger partial charge in [0.2, 0.25) is 5.89 Å². The van der Waals surface area contributed by atoms with Gasteiger partial charge in [-0.1, -0.05) is 6.07 Å². The summed E-state index contributed by atoms with van der Waals surface area (Å²) in [4.78, 5) is 15.6. The lowest BCUT2D eigenvalue weighted by Gasteiger charge is -2.06. The van der Waals surface area contributed by atoms with Gasteiger partial charge in [-0.15, -0.1) is 0 Å². The van der Waals surface area contributed by atoms with Crippen LogP contribution in [0.4, 0.5) is 10.5 Å². The molecule has 0 bridgehead atoms. The number of aryl methyl sites for hydroxylation is 2. The number of anilines is 1. The van der Waals surface area contributed by atoms with Gasteiger partial charge in [0.25, 0.3) is 0 Å². The Bertz CT molecular complexity index is 869. The molecule has 0 aliphatic carbocycles. The molecule has 0 radical (unpaired) electrons. The Balaban J connectivity index is 1.67. The minimum atomic E-state index is -0.513. The largest absolute Gasteiger partial charge is 0.484 e. The van der Waals surface area contributed by atoms with E-state index in [0.717, 1.165) is 22.2 Å². The van der Waals surface area contributed by atoms with Crippen LogP contribution in [0.1, 0.15) is 17.0 Å². The van der Waals surface area contributed by atoms with Crippen LogP contribution in [0.15, 0.2) is 40.8 Å². The maximum absolute atomic E-state index is 11.1. The van der Waals surface area contributed by atoms with Crippen molar-refractivity contribution in [2.45, 2.75) is 20.5 Å². The number of hydrogen-bond acceptors (Lipinski definition) is 5. The highest BCUT2D eigenvalue weighted by Gasteiger charge is 2.09. The molecule has 1 heterocycles. The van der Waals surface area contributed by atoms with E-state index in [1.165, 1.54) is 7.11 Å². The van der Waals surface area contributed by atoms with Gasteiger partial charge in [-0.05, 0) is 55.3 Å². The Labute approximate surface area is 139 Å². The van der Waals surface area contributed by atoms with Crippen LogP contribution in [0.3, 0.4) is 0 Å². The molecule has 1 aromatic heterocycles. The molecule has 0 saturated heterocycles. The fourth-order valence-corrected chi connectivity index (χ4v) is 2.43. The first-order valence-electron chi connectivity index (χ1n) is 7.49. The average Bonchev–Trinajstić information content (AvgIpc) is 2.97. The number of rotatable bonds is 4. The van der Waals surface area contributed by atoms with Crippen LogP contribution in [-0.4, -0.2) is 18.2 Å². The number of nitrogens with zero attached hydrogens (tertiary/aromatic N) is 1. The smallest absolute Gasteiger partial charge is 0.411 e. The molecule has 0 spiro atoms. The van der Waals surface area contributed by atoms with Gasteiger partial charge in [0.1, 0.15) is 11.3 Å². The normalized spacial score (nSPS) is 10.6. The number of carbonyl (C=O) groups excluding carboxylic acids is 1. The van der Waals surface area contributed by atoms with Crippen LogP contribution in [0.5, 0.6) is 5.75 Å². The molecule has 1 N–H and O–H groups in total. The number of methoxy groups -OCH3 is 1. The number of ether oxygens (including phenoxy) is 2. The molecule has 3 rings (SSSR count). The third-order valence-electron chi connectivity index (χ3n) is 3.51. The topological polar surface area (TPSA) is 73.6 Å². The molecule has 124 valence electrons. The zero-order chi connectivity index (χ0) is 17.1. The summed E-state index contributed by atoms with van der Waals surface area (Å²) in [5, 5.41) is 2.57. The van der Waals surface area contributed by atoms with Crippen molar-refractivity contribution in [3.05, 3.63) is 53.4 Å². The maximum atomic E-state index is 11.1. The molecule has 2 aromatic carbocycles. The van der Waals surface area contributed by atoms with E-state index < -0.39 is 6.09 Å². The maximum Gasteiger partial charge on any atom is 0.411 e. The molecule has 6 heteroatoms. The van der Waals surface area contributed by atoms with Crippen molar-refractivity contribution in [2.24, 2.45) is 0 Å². The van der Waals surface area contributed by atoms with Crippen LogP contribution in [-0.2, 0) is 11.3 Å². The molecule has 0 fully saturated rings. The Hall–Kier alpha value is -3.02. The molecule has 0 aliphatic rings. The summed E-state index contributed by atoms with van der Waals surface area (Å²) in [7, 11) is 1.32. The third-order valence-corrected chi connectivity index (χ3v) is 3.51. The number of amides is 1. The van der Waals surface area contributed by atoms with Crippen LogP contribution in [0.2, 0.25) is 0 Å². The molecular formula is C18H18N2O4. The number of carbonyl (C=O) groups is 1. The van der Waals surface area contributed by atoms with E-state index in [9.17, 15) is 4.79 Å². The summed E-state index contributed by atoms with van der Waals surface area (Å²) in [6.07, 6.45) is -0.513. The van der Waals surface area contributed by atoms with Crippen molar-refractivity contribution in [2.75, 3.05) is 12.4 Å². The van der Waals surface area contributed by atoms with Gasteiger partial charge in [-0.3, -0.25) is 5.32 Å². The van der Waals surface area contributed by atoms with E-state index in [4.69, 9.17) is 9.15 Å². The number of fused-ring (bicyclic) bond motifs is 1. The quantitative estimate of drug-likeness (QED) is 0.777. The minimum absolute atomic E-state index is 0.233. The van der Waals surface area contributed by atoms with E-state index in [2.05, 4.69) is 21.1 Å². The Morgan fingerprint density at radius 1 is 1.21 bits per heavy atom. The zero-order valence-electron chi connectivity index (χ0n) is 13.8. The van der Waals surface area contributed by atoms with Crippen molar-refractivity contribution in [1.29, 1.82) is 0 Å². The SMILES string of the molecule is COC(=O)Nc1ccc(OCc2nc3cc(C)cc(C)c3o2)cc1. The predicted molar refractivity (Wildman–Crippen MR) is 90.3 cm³/mol. The highest BCUT2D eigenvalue weighted by molar-refractivity contribution is 5.84. The zero-order valence-corrected chi connectivity index (χ0v) is 13.8. The van der Waals surface area contributed by atoms with Crippen LogP contribution in [0.25, 0.3) is 11.1 Å². The second-order valence-electron chi connectivity index (χ2n) is 5.47. The van der Waals surface area contributed by atoms with Gasteiger partial charge >= 0.3 is 6.09 Å². The molecule has 3 aromatic rings. The van der Waals surface area contributed by atoms with Gasteiger partial charge in [-0.25, -0.2) is 9.78 Å². The van der Waals surface area contributed by atoms with E-state index in [0.29, 0.717) is 17.3 Å².